The van der Waals surface area contributed by atoms with Crippen molar-refractivity contribution < 1.29 is 14.7 Å². The van der Waals surface area contributed by atoms with Crippen molar-refractivity contribution in [3.63, 3.8) is 0 Å². The number of nitrogens with zero attached hydrogens (tertiary/aromatic N) is 1. The van der Waals surface area contributed by atoms with Crippen LogP contribution in [-0.2, 0) is 0 Å². The largest absolute Gasteiger partial charge is 0.497 e. The second-order valence-corrected chi connectivity index (χ2v) is 4.75. The molecule has 3 aromatic rings. The molecule has 0 radical (unpaired) electrons. The molecule has 0 aliphatic carbocycles. The molecular formula is C17H14N2O3. The summed E-state index contributed by atoms with van der Waals surface area (Å²) in [6.07, 6.45) is 3.48. The SMILES string of the molecule is COc1ccc(-c2cccc3cnccc23)c(C(=O)NO)c1. The van der Waals surface area contributed by atoms with Crippen molar-refractivity contribution >= 4 is 16.7 Å². The van der Waals surface area contributed by atoms with Gasteiger partial charge < -0.3 is 4.74 Å². The standard InChI is InChI=1S/C17H14N2O3/c1-22-12-5-6-15(16(9-12)17(20)19-21)14-4-2-3-11-10-18-8-7-13(11)14/h2-10,21H,1H3,(H,19,20). The molecule has 5 nitrogen and oxygen atoms in total. The summed E-state index contributed by atoms with van der Waals surface area (Å²) in [6.45, 7) is 0. The van der Waals surface area contributed by atoms with Crippen LogP contribution in [0.2, 0.25) is 0 Å². The summed E-state index contributed by atoms with van der Waals surface area (Å²) in [5.74, 6) is -0.0378. The maximum Gasteiger partial charge on any atom is 0.275 e. The highest BCUT2D eigenvalue weighted by molar-refractivity contribution is 6.05. The highest BCUT2D eigenvalue weighted by Crippen LogP contribution is 2.32. The molecule has 0 aliphatic rings. The minimum atomic E-state index is -0.583. The predicted molar refractivity (Wildman–Crippen MR) is 83.0 cm³/mol. The van der Waals surface area contributed by atoms with Gasteiger partial charge in [-0.2, -0.15) is 0 Å². The zero-order chi connectivity index (χ0) is 15.5. The van der Waals surface area contributed by atoms with E-state index in [9.17, 15) is 4.79 Å². The van der Waals surface area contributed by atoms with Crippen molar-refractivity contribution in [1.82, 2.24) is 10.5 Å². The highest BCUT2D eigenvalue weighted by atomic mass is 16.5. The Morgan fingerprint density at radius 3 is 2.82 bits per heavy atom. The van der Waals surface area contributed by atoms with Crippen molar-refractivity contribution in [2.45, 2.75) is 0 Å². The van der Waals surface area contributed by atoms with Crippen LogP contribution in [0.25, 0.3) is 21.9 Å². The Kier molecular flexibility index (Phi) is 3.72. The van der Waals surface area contributed by atoms with E-state index in [2.05, 4.69) is 4.98 Å². The van der Waals surface area contributed by atoms with E-state index in [1.54, 1.807) is 36.1 Å². The Hall–Kier alpha value is -2.92. The topological polar surface area (TPSA) is 71.5 Å². The van der Waals surface area contributed by atoms with Crippen molar-refractivity contribution in [3.05, 3.63) is 60.4 Å². The van der Waals surface area contributed by atoms with E-state index < -0.39 is 5.91 Å². The van der Waals surface area contributed by atoms with Gasteiger partial charge >= 0.3 is 0 Å². The van der Waals surface area contributed by atoms with Crippen LogP contribution in [0.1, 0.15) is 10.4 Å². The molecule has 0 fully saturated rings. The first-order valence-corrected chi connectivity index (χ1v) is 6.70. The monoisotopic (exact) mass is 294 g/mol. The number of hydroxylamine groups is 1. The van der Waals surface area contributed by atoms with E-state index >= 15 is 0 Å². The van der Waals surface area contributed by atoms with Crippen LogP contribution in [0, 0.1) is 0 Å². The first kappa shape index (κ1) is 14.0. The summed E-state index contributed by atoms with van der Waals surface area (Å²) in [5.41, 5.74) is 3.63. The number of amides is 1. The number of carbonyl (C=O) groups excluding carboxylic acids is 1. The van der Waals surface area contributed by atoms with Gasteiger partial charge in [0.15, 0.2) is 0 Å². The third-order valence-electron chi connectivity index (χ3n) is 3.54. The van der Waals surface area contributed by atoms with Gasteiger partial charge in [-0.05, 0) is 40.8 Å². The molecule has 0 atom stereocenters. The lowest BCUT2D eigenvalue weighted by Gasteiger charge is -2.12. The Balaban J connectivity index is 2.28. The third kappa shape index (κ3) is 2.38. The molecule has 22 heavy (non-hydrogen) atoms. The van der Waals surface area contributed by atoms with E-state index in [0.717, 1.165) is 16.3 Å². The number of pyridine rings is 1. The van der Waals surface area contributed by atoms with Gasteiger partial charge in [0.1, 0.15) is 5.75 Å². The summed E-state index contributed by atoms with van der Waals surface area (Å²) in [6, 6.07) is 12.9. The molecule has 0 bridgehead atoms. The van der Waals surface area contributed by atoms with Gasteiger partial charge in [-0.3, -0.25) is 15.0 Å². The van der Waals surface area contributed by atoms with Crippen LogP contribution >= 0.6 is 0 Å². The number of carbonyl (C=O) groups is 1. The number of aromatic nitrogens is 1. The Labute approximate surface area is 127 Å². The first-order chi connectivity index (χ1) is 10.7. The van der Waals surface area contributed by atoms with Gasteiger partial charge in [0.2, 0.25) is 0 Å². The molecule has 1 heterocycles. The fourth-order valence-corrected chi connectivity index (χ4v) is 2.49. The second-order valence-electron chi connectivity index (χ2n) is 4.75. The summed E-state index contributed by atoms with van der Waals surface area (Å²) in [4.78, 5) is 16.1. The summed E-state index contributed by atoms with van der Waals surface area (Å²) in [7, 11) is 1.53. The highest BCUT2D eigenvalue weighted by Gasteiger charge is 2.15. The molecule has 1 aromatic heterocycles. The lowest BCUT2D eigenvalue weighted by molar-refractivity contribution is 0.0707. The molecule has 0 aliphatic heterocycles. The summed E-state index contributed by atoms with van der Waals surface area (Å²) in [5, 5.41) is 10.9. The molecule has 0 unspecified atom stereocenters. The molecular weight excluding hydrogens is 280 g/mol. The molecule has 3 rings (SSSR count). The molecule has 0 saturated heterocycles. The fraction of sp³-hybridized carbons (Fsp3) is 0.0588. The lowest BCUT2D eigenvalue weighted by atomic mass is 9.95. The Morgan fingerprint density at radius 2 is 2.05 bits per heavy atom. The van der Waals surface area contributed by atoms with Crippen LogP contribution in [0.5, 0.6) is 5.75 Å². The number of methoxy groups -OCH3 is 1. The maximum atomic E-state index is 12.0. The first-order valence-electron chi connectivity index (χ1n) is 6.70. The number of rotatable bonds is 3. The van der Waals surface area contributed by atoms with Crippen LogP contribution in [0.3, 0.4) is 0 Å². The molecule has 0 spiro atoms. The van der Waals surface area contributed by atoms with E-state index in [1.807, 2.05) is 24.3 Å². The Bertz CT molecular complexity index is 841. The van der Waals surface area contributed by atoms with Crippen LogP contribution in [0.4, 0.5) is 0 Å². The molecule has 0 saturated carbocycles. The zero-order valence-corrected chi connectivity index (χ0v) is 11.9. The average Bonchev–Trinajstić information content (AvgIpc) is 2.60. The number of fused-ring (bicyclic) bond motifs is 1. The third-order valence-corrected chi connectivity index (χ3v) is 3.54. The second kappa shape index (κ2) is 5.83. The number of benzene rings is 2. The molecule has 2 N–H and O–H groups in total. The van der Waals surface area contributed by atoms with E-state index in [1.165, 1.54) is 7.11 Å². The van der Waals surface area contributed by atoms with Gasteiger partial charge in [-0.15, -0.1) is 0 Å². The fourth-order valence-electron chi connectivity index (χ4n) is 2.49. The number of ether oxygens (including phenoxy) is 1. The predicted octanol–water partition coefficient (Wildman–Crippen LogP) is 3.03. The molecule has 2 aromatic carbocycles. The molecule has 110 valence electrons. The van der Waals surface area contributed by atoms with E-state index in [0.29, 0.717) is 16.9 Å². The average molecular weight is 294 g/mol. The van der Waals surface area contributed by atoms with Crippen LogP contribution < -0.4 is 10.2 Å². The summed E-state index contributed by atoms with van der Waals surface area (Å²) >= 11 is 0. The zero-order valence-electron chi connectivity index (χ0n) is 11.9. The van der Waals surface area contributed by atoms with Crippen molar-refractivity contribution in [3.8, 4) is 16.9 Å². The maximum absolute atomic E-state index is 12.0. The van der Waals surface area contributed by atoms with Gasteiger partial charge in [-0.1, -0.05) is 18.2 Å². The number of nitrogens with one attached hydrogen (secondary N) is 1. The summed E-state index contributed by atoms with van der Waals surface area (Å²) < 4.78 is 5.16. The minimum Gasteiger partial charge on any atom is -0.497 e. The lowest BCUT2D eigenvalue weighted by Crippen LogP contribution is -2.19. The quantitative estimate of drug-likeness (QED) is 0.575. The van der Waals surface area contributed by atoms with E-state index in [4.69, 9.17) is 9.94 Å². The number of hydrogen-bond donors (Lipinski definition) is 2. The minimum absolute atomic E-state index is 0.339. The smallest absolute Gasteiger partial charge is 0.275 e. The van der Waals surface area contributed by atoms with Crippen LogP contribution in [0.15, 0.2) is 54.9 Å². The normalized spacial score (nSPS) is 10.5. The van der Waals surface area contributed by atoms with Gasteiger partial charge in [0.25, 0.3) is 5.91 Å². The Morgan fingerprint density at radius 1 is 1.18 bits per heavy atom. The van der Waals surface area contributed by atoms with Crippen molar-refractivity contribution in [2.24, 2.45) is 0 Å². The van der Waals surface area contributed by atoms with E-state index in [-0.39, 0.29) is 0 Å². The van der Waals surface area contributed by atoms with Gasteiger partial charge in [0, 0.05) is 17.8 Å². The van der Waals surface area contributed by atoms with Gasteiger partial charge in [-0.25, -0.2) is 5.48 Å². The van der Waals surface area contributed by atoms with Crippen LogP contribution in [-0.4, -0.2) is 23.2 Å². The van der Waals surface area contributed by atoms with Crippen molar-refractivity contribution in [2.75, 3.05) is 7.11 Å². The van der Waals surface area contributed by atoms with Gasteiger partial charge in [0.05, 0.1) is 12.7 Å². The molecule has 5 heteroatoms. The number of hydrogen-bond acceptors (Lipinski definition) is 4. The van der Waals surface area contributed by atoms with Crippen molar-refractivity contribution in [1.29, 1.82) is 0 Å². The molecule has 1 amide bonds.